The summed E-state index contributed by atoms with van der Waals surface area (Å²) in [5.41, 5.74) is 0.456. The van der Waals surface area contributed by atoms with Crippen molar-refractivity contribution in [3.63, 3.8) is 0 Å². The molecule has 0 radical (unpaired) electrons. The quantitative estimate of drug-likeness (QED) is 0.669. The van der Waals surface area contributed by atoms with E-state index in [4.69, 9.17) is 10.2 Å². The molecule has 0 bridgehead atoms. The molecule has 0 unspecified atom stereocenters. The number of hydrogen-bond donors (Lipinski definition) is 3. The summed E-state index contributed by atoms with van der Waals surface area (Å²) in [6.45, 7) is 0.0743. The van der Waals surface area contributed by atoms with E-state index < -0.39 is 17.7 Å². The molecule has 84 valence electrons. The van der Waals surface area contributed by atoms with Gasteiger partial charge in [-0.1, -0.05) is 0 Å². The summed E-state index contributed by atoms with van der Waals surface area (Å²) in [6.07, 6.45) is -0.858. The fourth-order valence-electron chi connectivity index (χ4n) is 1.16. The van der Waals surface area contributed by atoms with Gasteiger partial charge in [0.05, 0.1) is 12.7 Å². The third-order valence-electron chi connectivity index (χ3n) is 1.84. The molecule has 0 fully saturated rings. The lowest BCUT2D eigenvalue weighted by Crippen LogP contribution is -2.28. The first-order chi connectivity index (χ1) is 7.11. The molecule has 3 nitrogen and oxygen atoms in total. The normalized spacial score (nSPS) is 12.8. The lowest BCUT2D eigenvalue weighted by Gasteiger charge is -2.08. The van der Waals surface area contributed by atoms with Gasteiger partial charge in [0.2, 0.25) is 0 Å². The minimum absolute atomic E-state index is 0.175. The molecule has 0 aliphatic heterocycles. The van der Waals surface area contributed by atoms with Gasteiger partial charge in [-0.15, -0.1) is 0 Å². The molecular weight excluding hydrogens is 204 g/mol. The van der Waals surface area contributed by atoms with Gasteiger partial charge in [-0.05, 0) is 17.7 Å². The maximum absolute atomic E-state index is 12.7. The van der Waals surface area contributed by atoms with Crippen molar-refractivity contribution in [2.45, 2.75) is 12.6 Å². The Morgan fingerprint density at radius 2 is 1.80 bits per heavy atom. The summed E-state index contributed by atoms with van der Waals surface area (Å²) in [5.74, 6) is -1.26. The van der Waals surface area contributed by atoms with E-state index >= 15 is 0 Å². The molecule has 3 N–H and O–H groups in total. The van der Waals surface area contributed by atoms with Gasteiger partial charge in [-0.3, -0.25) is 0 Å². The van der Waals surface area contributed by atoms with Crippen LogP contribution in [0.15, 0.2) is 18.2 Å². The Morgan fingerprint density at radius 3 is 2.33 bits per heavy atom. The van der Waals surface area contributed by atoms with Crippen LogP contribution in [0.5, 0.6) is 0 Å². The van der Waals surface area contributed by atoms with Crippen LogP contribution in [-0.4, -0.2) is 29.5 Å². The largest absolute Gasteiger partial charge is 0.394 e. The van der Waals surface area contributed by atoms with Crippen LogP contribution in [0.3, 0.4) is 0 Å². The molecule has 1 aromatic rings. The van der Waals surface area contributed by atoms with E-state index in [9.17, 15) is 8.78 Å². The number of rotatable bonds is 5. The molecule has 0 saturated heterocycles. The van der Waals surface area contributed by atoms with Crippen molar-refractivity contribution < 1.29 is 19.0 Å². The average molecular weight is 217 g/mol. The monoisotopic (exact) mass is 217 g/mol. The zero-order chi connectivity index (χ0) is 11.3. The Balaban J connectivity index is 2.43. The predicted octanol–water partition coefficient (Wildman–Crippen LogP) is 0.408. The zero-order valence-electron chi connectivity index (χ0n) is 8.08. The van der Waals surface area contributed by atoms with Crippen LogP contribution in [0, 0.1) is 11.6 Å². The number of halogens is 2. The standard InChI is InChI=1S/C10H13F2NO2/c11-8-1-7(2-9(12)3-8)4-13-5-10(15)6-14/h1-3,10,13-15H,4-6H2/t10-/m1/s1. The second-order valence-electron chi connectivity index (χ2n) is 3.24. The Kier molecular flexibility index (Phi) is 4.61. The Labute approximate surface area is 86.4 Å². The minimum atomic E-state index is -0.858. The van der Waals surface area contributed by atoms with Gasteiger partial charge in [-0.25, -0.2) is 8.78 Å². The number of hydrogen-bond acceptors (Lipinski definition) is 3. The highest BCUT2D eigenvalue weighted by atomic mass is 19.1. The lowest BCUT2D eigenvalue weighted by atomic mass is 10.2. The molecule has 1 atom stereocenters. The number of nitrogens with one attached hydrogen (secondary N) is 1. The molecule has 0 aliphatic carbocycles. The first-order valence-electron chi connectivity index (χ1n) is 4.56. The molecule has 15 heavy (non-hydrogen) atoms. The van der Waals surface area contributed by atoms with Gasteiger partial charge < -0.3 is 15.5 Å². The van der Waals surface area contributed by atoms with Crippen LogP contribution in [0.4, 0.5) is 8.78 Å². The van der Waals surface area contributed by atoms with E-state index in [1.807, 2.05) is 0 Å². The van der Waals surface area contributed by atoms with E-state index in [2.05, 4.69) is 5.32 Å². The number of benzene rings is 1. The van der Waals surface area contributed by atoms with Crippen molar-refractivity contribution in [3.8, 4) is 0 Å². The maximum Gasteiger partial charge on any atom is 0.126 e. The van der Waals surface area contributed by atoms with Gasteiger partial charge in [-0.2, -0.15) is 0 Å². The SMILES string of the molecule is OC[C@H](O)CNCc1cc(F)cc(F)c1. The Bertz CT molecular complexity index is 300. The van der Waals surface area contributed by atoms with Crippen LogP contribution >= 0.6 is 0 Å². The van der Waals surface area contributed by atoms with E-state index in [-0.39, 0.29) is 19.7 Å². The minimum Gasteiger partial charge on any atom is -0.394 e. The Hall–Kier alpha value is -1.04. The summed E-state index contributed by atoms with van der Waals surface area (Å²) < 4.78 is 25.4. The molecule has 0 heterocycles. The van der Waals surface area contributed by atoms with E-state index in [0.29, 0.717) is 5.56 Å². The molecule has 1 aromatic carbocycles. The first-order valence-corrected chi connectivity index (χ1v) is 4.56. The predicted molar refractivity (Wildman–Crippen MR) is 51.2 cm³/mol. The fraction of sp³-hybridized carbons (Fsp3) is 0.400. The zero-order valence-corrected chi connectivity index (χ0v) is 8.08. The van der Waals surface area contributed by atoms with Crippen LogP contribution in [0.25, 0.3) is 0 Å². The molecule has 1 rings (SSSR count). The number of aliphatic hydroxyl groups excluding tert-OH is 2. The first kappa shape index (κ1) is 12.0. The second kappa shape index (κ2) is 5.75. The fourth-order valence-corrected chi connectivity index (χ4v) is 1.16. The van der Waals surface area contributed by atoms with Crippen molar-refractivity contribution in [2.75, 3.05) is 13.2 Å². The third kappa shape index (κ3) is 4.33. The van der Waals surface area contributed by atoms with Crippen molar-refractivity contribution in [2.24, 2.45) is 0 Å². The smallest absolute Gasteiger partial charge is 0.126 e. The van der Waals surface area contributed by atoms with Gasteiger partial charge >= 0.3 is 0 Å². The van der Waals surface area contributed by atoms with Crippen molar-refractivity contribution in [1.29, 1.82) is 0 Å². The van der Waals surface area contributed by atoms with Crippen LogP contribution < -0.4 is 5.32 Å². The summed E-state index contributed by atoms with van der Waals surface area (Å²) >= 11 is 0. The second-order valence-corrected chi connectivity index (χ2v) is 3.24. The molecule has 0 amide bonds. The number of aliphatic hydroxyl groups is 2. The topological polar surface area (TPSA) is 52.5 Å². The average Bonchev–Trinajstić information content (AvgIpc) is 2.16. The highest BCUT2D eigenvalue weighted by Gasteiger charge is 2.03. The molecule has 0 aromatic heterocycles. The van der Waals surface area contributed by atoms with Gasteiger partial charge in [0, 0.05) is 19.2 Å². The highest BCUT2D eigenvalue weighted by molar-refractivity contribution is 5.17. The van der Waals surface area contributed by atoms with Crippen molar-refractivity contribution >= 4 is 0 Å². The summed E-state index contributed by atoms with van der Waals surface area (Å²) in [4.78, 5) is 0. The third-order valence-corrected chi connectivity index (χ3v) is 1.84. The van der Waals surface area contributed by atoms with Crippen LogP contribution in [0.1, 0.15) is 5.56 Å². The van der Waals surface area contributed by atoms with Gasteiger partial charge in [0.1, 0.15) is 11.6 Å². The van der Waals surface area contributed by atoms with Crippen LogP contribution in [0.2, 0.25) is 0 Å². The van der Waals surface area contributed by atoms with Crippen molar-refractivity contribution in [1.82, 2.24) is 5.32 Å². The maximum atomic E-state index is 12.7. The van der Waals surface area contributed by atoms with Gasteiger partial charge in [0.15, 0.2) is 0 Å². The van der Waals surface area contributed by atoms with E-state index in [0.717, 1.165) is 6.07 Å². The summed E-state index contributed by atoms with van der Waals surface area (Å²) in [5, 5.41) is 20.3. The van der Waals surface area contributed by atoms with E-state index in [1.54, 1.807) is 0 Å². The molecule has 0 spiro atoms. The lowest BCUT2D eigenvalue weighted by molar-refractivity contribution is 0.0942. The van der Waals surface area contributed by atoms with Crippen molar-refractivity contribution in [3.05, 3.63) is 35.4 Å². The summed E-state index contributed by atoms with van der Waals surface area (Å²) in [7, 11) is 0. The molecule has 5 heteroatoms. The Morgan fingerprint density at radius 1 is 1.20 bits per heavy atom. The van der Waals surface area contributed by atoms with Gasteiger partial charge in [0.25, 0.3) is 0 Å². The molecule has 0 saturated carbocycles. The highest BCUT2D eigenvalue weighted by Crippen LogP contribution is 2.07. The summed E-state index contributed by atoms with van der Waals surface area (Å²) in [6, 6.07) is 3.22. The molecule has 0 aliphatic rings. The van der Waals surface area contributed by atoms with Crippen LogP contribution in [-0.2, 0) is 6.54 Å². The molecular formula is C10H13F2NO2. The van der Waals surface area contributed by atoms with E-state index in [1.165, 1.54) is 12.1 Å².